The second-order valence-electron chi connectivity index (χ2n) is 3.84. The van der Waals surface area contributed by atoms with Crippen molar-refractivity contribution in [2.45, 2.75) is 18.3 Å². The molecule has 0 unspecified atom stereocenters. The lowest BCUT2D eigenvalue weighted by molar-refractivity contribution is -0.267. The molecule has 1 aromatic carbocycles. The van der Waals surface area contributed by atoms with Crippen LogP contribution in [-0.2, 0) is 11.0 Å². The number of carbonyl (C=O) groups is 1. The van der Waals surface area contributed by atoms with Crippen LogP contribution in [-0.4, -0.2) is 18.0 Å². The van der Waals surface area contributed by atoms with Crippen molar-refractivity contribution >= 4 is 34.8 Å². The summed E-state index contributed by atoms with van der Waals surface area (Å²) in [6, 6.07) is 0.434. The predicted molar refractivity (Wildman–Crippen MR) is 61.1 cm³/mol. The topological polar surface area (TPSA) is 29.1 Å². The molecule has 0 aliphatic carbocycles. The zero-order valence-electron chi connectivity index (χ0n) is 9.84. The molecular formula is C10H3Cl2F8NO. The van der Waals surface area contributed by atoms with E-state index in [1.165, 1.54) is 0 Å². The van der Waals surface area contributed by atoms with Gasteiger partial charge >= 0.3 is 24.2 Å². The van der Waals surface area contributed by atoms with E-state index in [0.29, 0.717) is 0 Å². The fourth-order valence-electron chi connectivity index (χ4n) is 1.18. The molecule has 0 fully saturated rings. The molecule has 1 amide bonds. The Morgan fingerprint density at radius 1 is 0.909 bits per heavy atom. The van der Waals surface area contributed by atoms with Crippen molar-refractivity contribution < 1.29 is 39.9 Å². The Bertz CT molecular complexity index is 573. The minimum absolute atomic E-state index is 0.217. The Labute approximate surface area is 127 Å². The molecule has 0 heterocycles. The highest BCUT2D eigenvalue weighted by Crippen LogP contribution is 2.41. The number of amides is 1. The minimum atomic E-state index is -6.19. The summed E-state index contributed by atoms with van der Waals surface area (Å²) >= 11 is 10.6. The summed E-state index contributed by atoms with van der Waals surface area (Å²) in [5, 5.41) is -0.841. The van der Waals surface area contributed by atoms with Crippen LogP contribution in [0, 0.1) is 0 Å². The molecular weight excluding hydrogens is 373 g/mol. The van der Waals surface area contributed by atoms with Gasteiger partial charge in [0.1, 0.15) is 0 Å². The number of nitrogens with one attached hydrogen (secondary N) is 1. The predicted octanol–water partition coefficient (Wildman–Crippen LogP) is 5.15. The van der Waals surface area contributed by atoms with Crippen molar-refractivity contribution in [2.75, 3.05) is 5.32 Å². The summed E-state index contributed by atoms with van der Waals surface area (Å²) < 4.78 is 98.7. The molecule has 12 heteroatoms. The van der Waals surface area contributed by atoms with E-state index >= 15 is 0 Å². The van der Waals surface area contributed by atoms with Gasteiger partial charge in [-0.3, -0.25) is 4.79 Å². The van der Waals surface area contributed by atoms with Gasteiger partial charge in [0, 0.05) is 0 Å². The summed E-state index contributed by atoms with van der Waals surface area (Å²) in [7, 11) is 0. The van der Waals surface area contributed by atoms with Gasteiger partial charge in [-0.05, 0) is 12.1 Å². The first kappa shape index (κ1) is 18.8. The van der Waals surface area contributed by atoms with Crippen molar-refractivity contribution in [2.24, 2.45) is 0 Å². The number of alkyl halides is 8. The fourth-order valence-corrected chi connectivity index (χ4v) is 1.76. The van der Waals surface area contributed by atoms with Crippen molar-refractivity contribution in [1.82, 2.24) is 0 Å². The van der Waals surface area contributed by atoms with E-state index in [4.69, 9.17) is 23.2 Å². The molecule has 0 saturated carbocycles. The molecule has 0 bridgehead atoms. The smallest absolute Gasteiger partial charge is 0.318 e. The molecule has 0 aliphatic rings. The number of hydrogen-bond donors (Lipinski definition) is 1. The maximum absolute atomic E-state index is 12.7. The molecule has 124 valence electrons. The monoisotopic (exact) mass is 375 g/mol. The summed E-state index contributed by atoms with van der Waals surface area (Å²) in [6.45, 7) is 0. The standard InChI is InChI=1S/C10H3Cl2F8NO/c11-4-1-3(9(15,16)17)2-5(12)6(4)21-7(22)8(13,14)10(18,19)20/h1-2H,(H,21,22). The number of hydrogen-bond acceptors (Lipinski definition) is 1. The lowest BCUT2D eigenvalue weighted by Gasteiger charge is -2.20. The van der Waals surface area contributed by atoms with Gasteiger partial charge in [0.2, 0.25) is 0 Å². The van der Waals surface area contributed by atoms with E-state index in [1.807, 2.05) is 0 Å². The third kappa shape index (κ3) is 3.72. The van der Waals surface area contributed by atoms with E-state index < -0.39 is 45.5 Å². The number of benzene rings is 1. The van der Waals surface area contributed by atoms with E-state index in [2.05, 4.69) is 0 Å². The average molecular weight is 376 g/mol. The summed E-state index contributed by atoms with van der Waals surface area (Å²) in [5.41, 5.74) is -2.37. The first-order chi connectivity index (χ1) is 9.68. The largest absolute Gasteiger partial charge is 0.463 e. The Morgan fingerprint density at radius 3 is 1.64 bits per heavy atom. The maximum Gasteiger partial charge on any atom is 0.463 e. The molecule has 0 saturated heterocycles. The zero-order chi connectivity index (χ0) is 17.5. The summed E-state index contributed by atoms with van der Waals surface area (Å²) in [5.74, 6) is -8.61. The fraction of sp³-hybridized carbons (Fsp3) is 0.300. The highest BCUT2D eigenvalue weighted by Gasteiger charge is 2.63. The average Bonchev–Trinajstić information content (AvgIpc) is 2.30. The molecule has 0 atom stereocenters. The SMILES string of the molecule is O=C(Nc1c(Cl)cc(C(F)(F)F)cc1Cl)C(F)(F)C(F)(F)F. The highest BCUT2D eigenvalue weighted by atomic mass is 35.5. The molecule has 1 N–H and O–H groups in total. The molecule has 22 heavy (non-hydrogen) atoms. The third-order valence-corrected chi connectivity index (χ3v) is 2.85. The lowest BCUT2D eigenvalue weighted by atomic mass is 10.2. The van der Waals surface area contributed by atoms with Crippen LogP contribution in [0.1, 0.15) is 5.56 Å². The van der Waals surface area contributed by atoms with Gasteiger partial charge < -0.3 is 5.32 Å². The van der Waals surface area contributed by atoms with Crippen LogP contribution in [0.3, 0.4) is 0 Å². The summed E-state index contributed by atoms with van der Waals surface area (Å²) in [4.78, 5) is 10.9. The minimum Gasteiger partial charge on any atom is -0.318 e. The van der Waals surface area contributed by atoms with Gasteiger partial charge in [0.05, 0.1) is 21.3 Å². The quantitative estimate of drug-likeness (QED) is 0.711. The van der Waals surface area contributed by atoms with Crippen LogP contribution in [0.2, 0.25) is 10.0 Å². The van der Waals surface area contributed by atoms with Crippen molar-refractivity contribution in [3.05, 3.63) is 27.7 Å². The van der Waals surface area contributed by atoms with E-state index in [9.17, 15) is 39.9 Å². The number of halogens is 10. The Kier molecular flexibility index (Phi) is 4.88. The Morgan fingerprint density at radius 2 is 1.32 bits per heavy atom. The normalized spacial score (nSPS) is 13.2. The molecule has 0 aromatic heterocycles. The van der Waals surface area contributed by atoms with Gasteiger partial charge in [-0.2, -0.15) is 35.1 Å². The summed E-state index contributed by atoms with van der Waals surface area (Å²) in [6.07, 6.45) is -11.1. The first-order valence-corrected chi connectivity index (χ1v) is 5.75. The van der Waals surface area contributed by atoms with Gasteiger partial charge in [0.15, 0.2) is 0 Å². The maximum atomic E-state index is 12.7. The second-order valence-corrected chi connectivity index (χ2v) is 4.65. The lowest BCUT2D eigenvalue weighted by Crippen LogP contribution is -2.47. The second kappa shape index (κ2) is 5.73. The Hall–Kier alpha value is -1.29. The van der Waals surface area contributed by atoms with E-state index in [0.717, 1.165) is 5.32 Å². The van der Waals surface area contributed by atoms with Gasteiger partial charge in [0.25, 0.3) is 0 Å². The molecule has 2 nitrogen and oxygen atoms in total. The van der Waals surface area contributed by atoms with E-state index in [1.54, 1.807) is 0 Å². The molecule has 1 aromatic rings. The number of carbonyl (C=O) groups excluding carboxylic acids is 1. The third-order valence-electron chi connectivity index (χ3n) is 2.25. The molecule has 0 spiro atoms. The number of rotatable bonds is 2. The van der Waals surface area contributed by atoms with Crippen LogP contribution in [0.4, 0.5) is 40.8 Å². The van der Waals surface area contributed by atoms with Crippen molar-refractivity contribution in [3.8, 4) is 0 Å². The zero-order valence-corrected chi connectivity index (χ0v) is 11.4. The van der Waals surface area contributed by atoms with Crippen LogP contribution in [0.5, 0.6) is 0 Å². The highest BCUT2D eigenvalue weighted by molar-refractivity contribution is 6.40. The van der Waals surface area contributed by atoms with E-state index in [-0.39, 0.29) is 12.1 Å². The molecule has 0 aliphatic heterocycles. The van der Waals surface area contributed by atoms with Gasteiger partial charge in [-0.25, -0.2) is 0 Å². The van der Waals surface area contributed by atoms with Gasteiger partial charge in [-0.15, -0.1) is 0 Å². The first-order valence-electron chi connectivity index (χ1n) is 5.00. The van der Waals surface area contributed by atoms with Crippen LogP contribution < -0.4 is 5.32 Å². The van der Waals surface area contributed by atoms with Crippen molar-refractivity contribution in [1.29, 1.82) is 0 Å². The van der Waals surface area contributed by atoms with Crippen molar-refractivity contribution in [3.63, 3.8) is 0 Å². The number of anilines is 1. The molecule has 1 rings (SSSR count). The van der Waals surface area contributed by atoms with Crippen LogP contribution in [0.15, 0.2) is 12.1 Å². The molecule has 0 radical (unpaired) electrons. The van der Waals surface area contributed by atoms with Crippen LogP contribution in [0.25, 0.3) is 0 Å². The van der Waals surface area contributed by atoms with Crippen LogP contribution >= 0.6 is 23.2 Å². The van der Waals surface area contributed by atoms with Gasteiger partial charge in [-0.1, -0.05) is 23.2 Å². The Balaban J connectivity index is 3.18.